The van der Waals surface area contributed by atoms with Crippen LogP contribution < -0.4 is 10.0 Å². The molecule has 8 nitrogen and oxygen atoms in total. The van der Waals surface area contributed by atoms with Crippen LogP contribution in [0.3, 0.4) is 0 Å². The first-order valence-electron chi connectivity index (χ1n) is 11.0. The van der Waals surface area contributed by atoms with Crippen molar-refractivity contribution < 1.29 is 28.5 Å². The van der Waals surface area contributed by atoms with E-state index >= 15 is 0 Å². The molecule has 9 heteroatoms. The van der Waals surface area contributed by atoms with Crippen molar-refractivity contribution in [3.8, 4) is 11.5 Å². The third-order valence-corrected chi connectivity index (χ3v) is 5.38. The molecule has 0 aromatic heterocycles. The van der Waals surface area contributed by atoms with Crippen molar-refractivity contribution in [2.45, 2.75) is 31.8 Å². The molecule has 0 heterocycles. The molecular formula is C24H34N2O6S. The van der Waals surface area contributed by atoms with E-state index in [1.807, 2.05) is 24.3 Å². The number of anilines is 1. The molecule has 0 aliphatic carbocycles. The Morgan fingerprint density at radius 1 is 1.00 bits per heavy atom. The van der Waals surface area contributed by atoms with Crippen LogP contribution >= 0.6 is 0 Å². The Bertz CT molecular complexity index is 957. The van der Waals surface area contributed by atoms with Gasteiger partial charge in [0.2, 0.25) is 10.0 Å². The van der Waals surface area contributed by atoms with Crippen LogP contribution in [0.1, 0.15) is 42.9 Å². The van der Waals surface area contributed by atoms with Crippen LogP contribution in [0.2, 0.25) is 0 Å². The van der Waals surface area contributed by atoms with Gasteiger partial charge in [-0.2, -0.15) is 0 Å². The highest BCUT2D eigenvalue weighted by molar-refractivity contribution is 7.92. The number of phenolic OH excluding ortho intramolecular Hbond substituents is 2. The third-order valence-electron chi connectivity index (χ3n) is 4.78. The van der Waals surface area contributed by atoms with Gasteiger partial charge in [0.15, 0.2) is 0 Å². The molecule has 0 spiro atoms. The molecule has 0 fully saturated rings. The molecule has 1 unspecified atom stereocenters. The normalized spacial score (nSPS) is 12.8. The minimum atomic E-state index is -3.26. The van der Waals surface area contributed by atoms with Gasteiger partial charge in [0, 0.05) is 24.9 Å². The summed E-state index contributed by atoms with van der Waals surface area (Å²) in [6.07, 6.45) is 8.28. The zero-order valence-electron chi connectivity index (χ0n) is 18.9. The van der Waals surface area contributed by atoms with E-state index in [2.05, 4.69) is 10.0 Å². The molecule has 0 aliphatic heterocycles. The van der Waals surface area contributed by atoms with Crippen LogP contribution in [-0.2, 0) is 14.8 Å². The Kier molecular flexibility index (Phi) is 11.2. The van der Waals surface area contributed by atoms with Gasteiger partial charge in [0.1, 0.15) is 11.5 Å². The maximum Gasteiger partial charge on any atom is 0.229 e. The van der Waals surface area contributed by atoms with Crippen LogP contribution in [-0.4, -0.2) is 56.3 Å². The largest absolute Gasteiger partial charge is 0.508 e. The predicted molar refractivity (Wildman–Crippen MR) is 131 cm³/mol. The van der Waals surface area contributed by atoms with Gasteiger partial charge in [-0.05, 0) is 54.8 Å². The summed E-state index contributed by atoms with van der Waals surface area (Å²) < 4.78 is 30.4. The number of hydrogen-bond acceptors (Lipinski definition) is 7. The lowest BCUT2D eigenvalue weighted by Gasteiger charge is -2.13. The maximum atomic E-state index is 11.2. The smallest absolute Gasteiger partial charge is 0.229 e. The second-order valence-corrected chi connectivity index (χ2v) is 9.64. The van der Waals surface area contributed by atoms with Gasteiger partial charge in [-0.1, -0.05) is 37.1 Å². The van der Waals surface area contributed by atoms with Crippen LogP contribution in [0.5, 0.6) is 11.5 Å². The zero-order chi connectivity index (χ0) is 24.1. The van der Waals surface area contributed by atoms with Gasteiger partial charge in [0.25, 0.3) is 0 Å². The molecule has 0 bridgehead atoms. The molecule has 2 aromatic carbocycles. The Morgan fingerprint density at radius 2 is 1.67 bits per heavy atom. The van der Waals surface area contributed by atoms with E-state index in [4.69, 9.17) is 4.74 Å². The minimum Gasteiger partial charge on any atom is -0.508 e. The molecule has 33 heavy (non-hydrogen) atoms. The Labute approximate surface area is 196 Å². The summed E-state index contributed by atoms with van der Waals surface area (Å²) in [5.41, 5.74) is 1.98. The van der Waals surface area contributed by atoms with Gasteiger partial charge in [-0.15, -0.1) is 0 Å². The highest BCUT2D eigenvalue weighted by atomic mass is 32.2. The quantitative estimate of drug-likeness (QED) is 0.248. The van der Waals surface area contributed by atoms with Gasteiger partial charge < -0.3 is 25.4 Å². The second kappa shape index (κ2) is 13.8. The van der Waals surface area contributed by atoms with E-state index in [0.717, 1.165) is 44.0 Å². The van der Waals surface area contributed by atoms with Crippen molar-refractivity contribution in [2.75, 3.05) is 37.3 Å². The van der Waals surface area contributed by atoms with Crippen LogP contribution in [0.4, 0.5) is 5.69 Å². The monoisotopic (exact) mass is 478 g/mol. The van der Waals surface area contributed by atoms with Crippen molar-refractivity contribution in [3.63, 3.8) is 0 Å². The summed E-state index contributed by atoms with van der Waals surface area (Å²) in [4.78, 5) is 0. The topological polar surface area (TPSA) is 128 Å². The number of phenols is 2. The summed E-state index contributed by atoms with van der Waals surface area (Å²) >= 11 is 0. The molecule has 0 aliphatic rings. The summed E-state index contributed by atoms with van der Waals surface area (Å²) in [5.74, 6) is -0.139. The van der Waals surface area contributed by atoms with Gasteiger partial charge in [0.05, 0.1) is 19.0 Å². The number of ether oxygens (including phenoxy) is 1. The molecule has 2 rings (SSSR count). The summed E-state index contributed by atoms with van der Waals surface area (Å²) in [6, 6.07) is 11.2. The highest BCUT2D eigenvalue weighted by Crippen LogP contribution is 2.24. The Balaban J connectivity index is 1.47. The number of unbranched alkanes of at least 4 members (excludes halogenated alkanes) is 3. The second-order valence-electron chi connectivity index (χ2n) is 7.89. The van der Waals surface area contributed by atoms with E-state index in [9.17, 15) is 23.7 Å². The predicted octanol–water partition coefficient (Wildman–Crippen LogP) is 3.38. The molecule has 182 valence electrons. The standard InChI is InChI=1S/C24H34N2O6S/c1-33(30,31)26-21-10-8-19(9-11-21)7-6-14-32-13-5-3-2-4-12-25-18-24(29)20-15-22(27)17-23(28)16-20/h6-11,15-17,24-29H,2-5,12-14,18H2,1H3. The first-order chi connectivity index (χ1) is 15.7. The molecule has 0 saturated heterocycles. The van der Waals surface area contributed by atoms with Crippen molar-refractivity contribution in [1.29, 1.82) is 0 Å². The number of rotatable bonds is 15. The number of sulfonamides is 1. The lowest BCUT2D eigenvalue weighted by atomic mass is 10.1. The molecule has 1 atom stereocenters. The van der Waals surface area contributed by atoms with E-state index in [0.29, 0.717) is 31.0 Å². The molecular weight excluding hydrogens is 444 g/mol. The molecule has 2 aromatic rings. The summed E-state index contributed by atoms with van der Waals surface area (Å²) in [5, 5.41) is 32.2. The fourth-order valence-electron chi connectivity index (χ4n) is 3.19. The minimum absolute atomic E-state index is 0.0695. The fraction of sp³-hybridized carbons (Fsp3) is 0.417. The van der Waals surface area contributed by atoms with Gasteiger partial charge in [-0.25, -0.2) is 8.42 Å². The average Bonchev–Trinajstić information content (AvgIpc) is 2.73. The molecule has 0 radical (unpaired) electrons. The first kappa shape index (κ1) is 26.7. The third kappa shape index (κ3) is 11.7. The number of aromatic hydroxyl groups is 2. The van der Waals surface area contributed by atoms with E-state index in [1.54, 1.807) is 12.1 Å². The van der Waals surface area contributed by atoms with Gasteiger partial charge in [-0.3, -0.25) is 4.72 Å². The van der Waals surface area contributed by atoms with Crippen molar-refractivity contribution >= 4 is 21.8 Å². The number of aliphatic hydroxyl groups excluding tert-OH is 1. The lowest BCUT2D eigenvalue weighted by Crippen LogP contribution is -2.22. The maximum absolute atomic E-state index is 11.2. The van der Waals surface area contributed by atoms with Crippen LogP contribution in [0, 0.1) is 0 Å². The van der Waals surface area contributed by atoms with Crippen molar-refractivity contribution in [1.82, 2.24) is 5.32 Å². The van der Waals surface area contributed by atoms with Gasteiger partial charge >= 0.3 is 0 Å². The highest BCUT2D eigenvalue weighted by Gasteiger charge is 2.09. The molecule has 5 N–H and O–H groups in total. The van der Waals surface area contributed by atoms with Crippen LogP contribution in [0.15, 0.2) is 48.5 Å². The summed E-state index contributed by atoms with van der Waals surface area (Å²) in [7, 11) is -3.26. The fourth-order valence-corrected chi connectivity index (χ4v) is 3.75. The first-order valence-corrected chi connectivity index (χ1v) is 12.9. The van der Waals surface area contributed by atoms with Crippen molar-refractivity contribution in [2.24, 2.45) is 0 Å². The van der Waals surface area contributed by atoms with E-state index in [1.165, 1.54) is 18.2 Å². The molecule has 0 saturated carbocycles. The zero-order valence-corrected chi connectivity index (χ0v) is 19.7. The van der Waals surface area contributed by atoms with Crippen LogP contribution in [0.25, 0.3) is 6.08 Å². The molecule has 0 amide bonds. The number of hydrogen-bond donors (Lipinski definition) is 5. The number of aliphatic hydroxyl groups is 1. The Morgan fingerprint density at radius 3 is 2.33 bits per heavy atom. The summed E-state index contributed by atoms with van der Waals surface area (Å²) in [6.45, 7) is 2.35. The van der Waals surface area contributed by atoms with Crippen molar-refractivity contribution in [3.05, 3.63) is 59.7 Å². The van der Waals surface area contributed by atoms with E-state index < -0.39 is 16.1 Å². The average molecular weight is 479 g/mol. The SMILES string of the molecule is CS(=O)(=O)Nc1ccc(C=CCOCCCCCCNCC(O)c2cc(O)cc(O)c2)cc1. The van der Waals surface area contributed by atoms with E-state index in [-0.39, 0.29) is 11.5 Å². The Hall–Kier alpha value is -2.59. The number of benzene rings is 2. The lowest BCUT2D eigenvalue weighted by molar-refractivity contribution is 0.157. The number of nitrogens with one attached hydrogen (secondary N) is 2.